The summed E-state index contributed by atoms with van der Waals surface area (Å²) in [4.78, 5) is 0. The predicted octanol–water partition coefficient (Wildman–Crippen LogP) is 2.58. The Morgan fingerprint density at radius 3 is 2.89 bits per heavy atom. The van der Waals surface area contributed by atoms with Crippen LogP contribution in [0.1, 0.15) is 49.3 Å². The highest BCUT2D eigenvalue weighted by Gasteiger charge is 2.35. The van der Waals surface area contributed by atoms with Gasteiger partial charge in [0.1, 0.15) is 5.75 Å². The summed E-state index contributed by atoms with van der Waals surface area (Å²) in [7, 11) is 1.71. The van der Waals surface area contributed by atoms with Crippen molar-refractivity contribution in [3.63, 3.8) is 0 Å². The smallest absolute Gasteiger partial charge is 0.119 e. The average molecular weight is 261 g/mol. The van der Waals surface area contributed by atoms with Crippen molar-refractivity contribution in [3.05, 3.63) is 29.3 Å². The van der Waals surface area contributed by atoms with Crippen molar-refractivity contribution < 1.29 is 9.84 Å². The fourth-order valence-electron chi connectivity index (χ4n) is 3.19. The summed E-state index contributed by atoms with van der Waals surface area (Å²) in [5, 5.41) is 13.8. The molecule has 1 aromatic carbocycles. The predicted molar refractivity (Wildman–Crippen MR) is 75.5 cm³/mol. The van der Waals surface area contributed by atoms with Gasteiger partial charge in [-0.2, -0.15) is 0 Å². The SMILES string of the molecule is COc1ccc2c(c1)C(NCC1(O)CCC1)CCC2. The van der Waals surface area contributed by atoms with Gasteiger partial charge in [-0.3, -0.25) is 0 Å². The zero-order valence-electron chi connectivity index (χ0n) is 11.6. The van der Waals surface area contributed by atoms with Crippen molar-refractivity contribution in [2.75, 3.05) is 13.7 Å². The lowest BCUT2D eigenvalue weighted by Crippen LogP contribution is -2.47. The third-order valence-corrected chi connectivity index (χ3v) is 4.63. The van der Waals surface area contributed by atoms with Crippen LogP contribution in [0, 0.1) is 0 Å². The van der Waals surface area contributed by atoms with Crippen molar-refractivity contribution in [2.45, 2.75) is 50.2 Å². The lowest BCUT2D eigenvalue weighted by Gasteiger charge is -2.39. The summed E-state index contributed by atoms with van der Waals surface area (Å²) in [6.07, 6.45) is 6.57. The fourth-order valence-corrected chi connectivity index (χ4v) is 3.19. The third-order valence-electron chi connectivity index (χ3n) is 4.63. The van der Waals surface area contributed by atoms with Crippen LogP contribution in [0.2, 0.25) is 0 Å². The van der Waals surface area contributed by atoms with Crippen LogP contribution in [-0.2, 0) is 6.42 Å². The molecule has 1 atom stereocenters. The normalized spacial score (nSPS) is 24.4. The van der Waals surface area contributed by atoms with Gasteiger partial charge in [-0.15, -0.1) is 0 Å². The molecule has 0 aliphatic heterocycles. The van der Waals surface area contributed by atoms with Gasteiger partial charge in [0.15, 0.2) is 0 Å². The van der Waals surface area contributed by atoms with E-state index in [0.29, 0.717) is 12.6 Å². The first-order valence-corrected chi connectivity index (χ1v) is 7.33. The summed E-state index contributed by atoms with van der Waals surface area (Å²) < 4.78 is 5.33. The molecule has 0 spiro atoms. The number of ether oxygens (including phenoxy) is 1. The zero-order valence-corrected chi connectivity index (χ0v) is 11.6. The molecular formula is C16H23NO2. The Bertz CT molecular complexity index is 454. The highest BCUT2D eigenvalue weighted by Crippen LogP contribution is 2.35. The monoisotopic (exact) mass is 261 g/mol. The number of hydrogen-bond donors (Lipinski definition) is 2. The Balaban J connectivity index is 1.73. The van der Waals surface area contributed by atoms with E-state index in [1.54, 1.807) is 7.11 Å². The van der Waals surface area contributed by atoms with Crippen LogP contribution < -0.4 is 10.1 Å². The van der Waals surface area contributed by atoms with Gasteiger partial charge in [0.05, 0.1) is 12.7 Å². The van der Waals surface area contributed by atoms with Crippen molar-refractivity contribution in [2.24, 2.45) is 0 Å². The Morgan fingerprint density at radius 1 is 1.37 bits per heavy atom. The summed E-state index contributed by atoms with van der Waals surface area (Å²) in [6.45, 7) is 0.717. The van der Waals surface area contributed by atoms with Crippen LogP contribution in [0.25, 0.3) is 0 Å². The zero-order chi connectivity index (χ0) is 13.3. The van der Waals surface area contributed by atoms with Crippen LogP contribution in [-0.4, -0.2) is 24.4 Å². The first-order chi connectivity index (χ1) is 9.20. The summed E-state index contributed by atoms with van der Waals surface area (Å²) in [5.41, 5.74) is 2.33. The van der Waals surface area contributed by atoms with Gasteiger partial charge in [-0.05, 0) is 61.8 Å². The van der Waals surface area contributed by atoms with E-state index in [1.165, 1.54) is 17.5 Å². The maximum absolute atomic E-state index is 10.2. The highest BCUT2D eigenvalue weighted by molar-refractivity contribution is 5.39. The molecule has 0 amide bonds. The minimum Gasteiger partial charge on any atom is -0.497 e. The molecule has 19 heavy (non-hydrogen) atoms. The standard InChI is InChI=1S/C16H23NO2/c1-19-13-7-6-12-4-2-5-15(14(12)10-13)17-11-16(18)8-3-9-16/h6-7,10,15,17-18H,2-5,8-9,11H2,1H3. The number of aryl methyl sites for hydroxylation is 1. The van der Waals surface area contributed by atoms with E-state index in [-0.39, 0.29) is 0 Å². The molecule has 0 aromatic heterocycles. The maximum atomic E-state index is 10.2. The number of methoxy groups -OCH3 is 1. The van der Waals surface area contributed by atoms with Gasteiger partial charge in [0.2, 0.25) is 0 Å². The van der Waals surface area contributed by atoms with Crippen molar-refractivity contribution in [1.82, 2.24) is 5.32 Å². The largest absolute Gasteiger partial charge is 0.497 e. The molecule has 1 saturated carbocycles. The molecule has 2 aliphatic rings. The van der Waals surface area contributed by atoms with Gasteiger partial charge >= 0.3 is 0 Å². The lowest BCUT2D eigenvalue weighted by molar-refractivity contribution is -0.0336. The molecule has 1 aromatic rings. The molecule has 3 nitrogen and oxygen atoms in total. The molecule has 3 heteroatoms. The molecule has 0 heterocycles. The second-order valence-corrected chi connectivity index (χ2v) is 5.97. The Kier molecular flexibility index (Phi) is 3.50. The highest BCUT2D eigenvalue weighted by atomic mass is 16.5. The minimum atomic E-state index is -0.448. The lowest BCUT2D eigenvalue weighted by atomic mass is 9.79. The van der Waals surface area contributed by atoms with Gasteiger partial charge in [-0.1, -0.05) is 6.07 Å². The van der Waals surface area contributed by atoms with E-state index >= 15 is 0 Å². The van der Waals surface area contributed by atoms with E-state index in [0.717, 1.165) is 37.9 Å². The number of fused-ring (bicyclic) bond motifs is 1. The molecule has 0 radical (unpaired) electrons. The third kappa shape index (κ3) is 2.63. The molecule has 1 fully saturated rings. The second kappa shape index (κ2) is 5.14. The Morgan fingerprint density at radius 2 is 2.21 bits per heavy atom. The van der Waals surface area contributed by atoms with Gasteiger partial charge < -0.3 is 15.2 Å². The van der Waals surface area contributed by atoms with Crippen molar-refractivity contribution in [1.29, 1.82) is 0 Å². The van der Waals surface area contributed by atoms with Gasteiger partial charge in [0.25, 0.3) is 0 Å². The summed E-state index contributed by atoms with van der Waals surface area (Å²) >= 11 is 0. The van der Waals surface area contributed by atoms with E-state index in [4.69, 9.17) is 4.74 Å². The topological polar surface area (TPSA) is 41.5 Å². The van der Waals surface area contributed by atoms with Crippen LogP contribution >= 0.6 is 0 Å². The van der Waals surface area contributed by atoms with Gasteiger partial charge in [-0.25, -0.2) is 0 Å². The number of hydrogen-bond acceptors (Lipinski definition) is 3. The van der Waals surface area contributed by atoms with E-state index < -0.39 is 5.60 Å². The number of nitrogens with one attached hydrogen (secondary N) is 1. The minimum absolute atomic E-state index is 0.364. The van der Waals surface area contributed by atoms with E-state index in [2.05, 4.69) is 17.4 Å². The van der Waals surface area contributed by atoms with Crippen molar-refractivity contribution >= 4 is 0 Å². The number of benzene rings is 1. The van der Waals surface area contributed by atoms with Crippen LogP contribution in [0.4, 0.5) is 0 Å². The van der Waals surface area contributed by atoms with Crippen LogP contribution in [0.5, 0.6) is 5.75 Å². The molecular weight excluding hydrogens is 238 g/mol. The molecule has 0 saturated heterocycles. The number of rotatable bonds is 4. The first kappa shape index (κ1) is 12.9. The average Bonchev–Trinajstić information content (AvgIpc) is 2.42. The maximum Gasteiger partial charge on any atom is 0.119 e. The molecule has 1 unspecified atom stereocenters. The summed E-state index contributed by atoms with van der Waals surface area (Å²) in [6, 6.07) is 6.74. The Hall–Kier alpha value is -1.06. The fraction of sp³-hybridized carbons (Fsp3) is 0.625. The Labute approximate surface area is 115 Å². The van der Waals surface area contributed by atoms with Crippen LogP contribution in [0.3, 0.4) is 0 Å². The molecule has 3 rings (SSSR count). The van der Waals surface area contributed by atoms with Gasteiger partial charge in [0, 0.05) is 12.6 Å². The molecule has 0 bridgehead atoms. The van der Waals surface area contributed by atoms with Crippen molar-refractivity contribution in [3.8, 4) is 5.75 Å². The molecule has 2 N–H and O–H groups in total. The van der Waals surface area contributed by atoms with E-state index in [9.17, 15) is 5.11 Å². The molecule has 104 valence electrons. The second-order valence-electron chi connectivity index (χ2n) is 5.97. The number of aliphatic hydroxyl groups is 1. The molecule has 2 aliphatic carbocycles. The van der Waals surface area contributed by atoms with Crippen LogP contribution in [0.15, 0.2) is 18.2 Å². The first-order valence-electron chi connectivity index (χ1n) is 7.33. The quantitative estimate of drug-likeness (QED) is 0.875. The summed E-state index contributed by atoms with van der Waals surface area (Å²) in [5.74, 6) is 0.926. The van der Waals surface area contributed by atoms with E-state index in [1.807, 2.05) is 6.07 Å².